The summed E-state index contributed by atoms with van der Waals surface area (Å²) in [5, 5.41) is 6.18. The average molecular weight is 329 g/mol. The third kappa shape index (κ3) is 3.16. The Hall–Kier alpha value is -0.780. The van der Waals surface area contributed by atoms with Gasteiger partial charge in [-0.3, -0.25) is 0 Å². The van der Waals surface area contributed by atoms with E-state index in [4.69, 9.17) is 0 Å². The smallest absolute Gasteiger partial charge is 0.128 e. The highest BCUT2D eigenvalue weighted by Gasteiger charge is 2.16. The molecule has 0 aliphatic rings. The molecule has 0 radical (unpaired) electrons. The minimum Gasteiger partial charge on any atom is -0.313 e. The van der Waals surface area contributed by atoms with E-state index in [1.165, 1.54) is 6.07 Å². The van der Waals surface area contributed by atoms with E-state index >= 15 is 0 Å². The van der Waals surface area contributed by atoms with Crippen molar-refractivity contribution in [2.45, 2.75) is 19.4 Å². The number of nitrogens with zero attached hydrogens (tertiary/aromatic N) is 1. The number of thiazole rings is 1. The standard InChI is InChI=1S/C13H14BrFN2S/c1-8-7-18-13(17-8)6-12(16-2)10-5-9(14)3-4-11(10)15/h3-5,7,12,16H,6H2,1-2H3. The zero-order valence-electron chi connectivity index (χ0n) is 10.2. The Kier molecular flexibility index (Phi) is 4.48. The molecule has 0 saturated carbocycles. The zero-order chi connectivity index (χ0) is 13.1. The van der Waals surface area contributed by atoms with Crippen molar-refractivity contribution < 1.29 is 4.39 Å². The molecule has 2 nitrogen and oxygen atoms in total. The topological polar surface area (TPSA) is 24.9 Å². The van der Waals surface area contributed by atoms with Crippen molar-refractivity contribution >= 4 is 27.3 Å². The third-order valence-corrected chi connectivity index (χ3v) is 4.21. The molecule has 2 aromatic rings. The highest BCUT2D eigenvalue weighted by molar-refractivity contribution is 9.10. The highest BCUT2D eigenvalue weighted by atomic mass is 79.9. The summed E-state index contributed by atoms with van der Waals surface area (Å²) in [5.74, 6) is -0.189. The average Bonchev–Trinajstić information content (AvgIpc) is 2.75. The van der Waals surface area contributed by atoms with Gasteiger partial charge in [0.15, 0.2) is 0 Å². The maximum atomic E-state index is 13.8. The van der Waals surface area contributed by atoms with Gasteiger partial charge < -0.3 is 5.32 Å². The fourth-order valence-electron chi connectivity index (χ4n) is 1.82. The monoisotopic (exact) mass is 328 g/mol. The fraction of sp³-hybridized carbons (Fsp3) is 0.308. The van der Waals surface area contributed by atoms with E-state index in [2.05, 4.69) is 26.2 Å². The molecule has 0 bridgehead atoms. The number of rotatable bonds is 4. The van der Waals surface area contributed by atoms with Gasteiger partial charge in [0.2, 0.25) is 0 Å². The maximum absolute atomic E-state index is 13.8. The summed E-state index contributed by atoms with van der Waals surface area (Å²) < 4.78 is 14.7. The lowest BCUT2D eigenvalue weighted by molar-refractivity contribution is 0.532. The molecule has 96 valence electrons. The number of nitrogens with one attached hydrogen (secondary N) is 1. The molecular weight excluding hydrogens is 315 g/mol. The Morgan fingerprint density at radius 1 is 1.50 bits per heavy atom. The highest BCUT2D eigenvalue weighted by Crippen LogP contribution is 2.25. The van der Waals surface area contributed by atoms with Crippen molar-refractivity contribution in [2.75, 3.05) is 7.05 Å². The van der Waals surface area contributed by atoms with Gasteiger partial charge in [-0.1, -0.05) is 15.9 Å². The first-order valence-corrected chi connectivity index (χ1v) is 7.30. The first kappa shape index (κ1) is 13.6. The summed E-state index contributed by atoms with van der Waals surface area (Å²) in [5.41, 5.74) is 1.68. The van der Waals surface area contributed by atoms with Crippen LogP contribution in [0.15, 0.2) is 28.1 Å². The summed E-state index contributed by atoms with van der Waals surface area (Å²) in [6.07, 6.45) is 0.697. The molecule has 1 atom stereocenters. The molecule has 0 aliphatic carbocycles. The van der Waals surface area contributed by atoms with Crippen LogP contribution in [0, 0.1) is 12.7 Å². The van der Waals surface area contributed by atoms with Crippen LogP contribution >= 0.6 is 27.3 Å². The summed E-state index contributed by atoms with van der Waals surface area (Å²) in [6.45, 7) is 1.97. The quantitative estimate of drug-likeness (QED) is 0.921. The molecule has 0 spiro atoms. The number of aryl methyl sites for hydroxylation is 1. The van der Waals surface area contributed by atoms with E-state index in [0.29, 0.717) is 12.0 Å². The van der Waals surface area contributed by atoms with Crippen LogP contribution in [0.5, 0.6) is 0 Å². The van der Waals surface area contributed by atoms with Gasteiger partial charge >= 0.3 is 0 Å². The number of hydrogen-bond acceptors (Lipinski definition) is 3. The second-order valence-electron chi connectivity index (χ2n) is 4.09. The Morgan fingerprint density at radius 3 is 2.89 bits per heavy atom. The largest absolute Gasteiger partial charge is 0.313 e. The van der Waals surface area contributed by atoms with Crippen molar-refractivity contribution in [1.29, 1.82) is 0 Å². The predicted molar refractivity (Wildman–Crippen MR) is 76.5 cm³/mol. The normalized spacial score (nSPS) is 12.7. The summed E-state index contributed by atoms with van der Waals surface area (Å²) in [7, 11) is 1.84. The molecule has 1 heterocycles. The van der Waals surface area contributed by atoms with Gasteiger partial charge in [0.1, 0.15) is 5.82 Å². The van der Waals surface area contributed by atoms with Crippen LogP contribution in [0.4, 0.5) is 4.39 Å². The molecule has 18 heavy (non-hydrogen) atoms. The van der Waals surface area contributed by atoms with Gasteiger partial charge in [0.25, 0.3) is 0 Å². The number of hydrogen-bond donors (Lipinski definition) is 1. The van der Waals surface area contributed by atoms with E-state index < -0.39 is 0 Å². The summed E-state index contributed by atoms with van der Waals surface area (Å²) >= 11 is 4.99. The van der Waals surface area contributed by atoms with Crippen LogP contribution in [0.3, 0.4) is 0 Å². The molecule has 1 N–H and O–H groups in total. The molecule has 0 saturated heterocycles. The predicted octanol–water partition coefficient (Wildman–Crippen LogP) is 3.86. The number of aromatic nitrogens is 1. The lowest BCUT2D eigenvalue weighted by Gasteiger charge is -2.16. The minimum atomic E-state index is -0.189. The second kappa shape index (κ2) is 5.91. The zero-order valence-corrected chi connectivity index (χ0v) is 12.6. The van der Waals surface area contributed by atoms with Crippen molar-refractivity contribution in [1.82, 2.24) is 10.3 Å². The van der Waals surface area contributed by atoms with Gasteiger partial charge in [-0.15, -0.1) is 11.3 Å². The molecule has 0 amide bonds. The number of likely N-dealkylation sites (N-methyl/N-ethyl adjacent to an activating group) is 1. The first-order chi connectivity index (χ1) is 8.60. The maximum Gasteiger partial charge on any atom is 0.128 e. The lowest BCUT2D eigenvalue weighted by atomic mass is 10.0. The van der Waals surface area contributed by atoms with Crippen LogP contribution in [0.2, 0.25) is 0 Å². The van der Waals surface area contributed by atoms with Crippen molar-refractivity contribution in [3.8, 4) is 0 Å². The molecule has 0 aliphatic heterocycles. The number of halogens is 2. The van der Waals surface area contributed by atoms with E-state index in [-0.39, 0.29) is 11.9 Å². The van der Waals surface area contributed by atoms with Gasteiger partial charge in [0.05, 0.1) is 5.01 Å². The molecule has 0 fully saturated rings. The van der Waals surface area contributed by atoms with E-state index in [1.807, 2.05) is 25.4 Å². The van der Waals surface area contributed by atoms with Gasteiger partial charge in [-0.2, -0.15) is 0 Å². The SMILES string of the molecule is CNC(Cc1nc(C)cs1)c1cc(Br)ccc1F. The van der Waals surface area contributed by atoms with Crippen molar-refractivity contribution in [2.24, 2.45) is 0 Å². The third-order valence-electron chi connectivity index (χ3n) is 2.73. The number of benzene rings is 1. The Morgan fingerprint density at radius 2 is 2.28 bits per heavy atom. The molecule has 1 aromatic carbocycles. The minimum absolute atomic E-state index is 0.0620. The molecule has 2 rings (SSSR count). The van der Waals surface area contributed by atoms with Gasteiger partial charge in [0, 0.05) is 33.6 Å². The molecule has 1 unspecified atom stereocenters. The first-order valence-electron chi connectivity index (χ1n) is 5.63. The van der Waals surface area contributed by atoms with Crippen LogP contribution in [-0.2, 0) is 6.42 Å². The Labute approximate surface area is 118 Å². The Balaban J connectivity index is 2.25. The van der Waals surface area contributed by atoms with E-state index in [1.54, 1.807) is 17.4 Å². The lowest BCUT2D eigenvalue weighted by Crippen LogP contribution is -2.20. The van der Waals surface area contributed by atoms with Crippen LogP contribution in [0.1, 0.15) is 22.3 Å². The second-order valence-corrected chi connectivity index (χ2v) is 5.95. The van der Waals surface area contributed by atoms with Crippen molar-refractivity contribution in [3.63, 3.8) is 0 Å². The van der Waals surface area contributed by atoms with Gasteiger partial charge in [-0.05, 0) is 32.2 Å². The van der Waals surface area contributed by atoms with Crippen LogP contribution in [-0.4, -0.2) is 12.0 Å². The van der Waals surface area contributed by atoms with Crippen LogP contribution < -0.4 is 5.32 Å². The Bertz CT molecular complexity index is 542. The van der Waals surface area contributed by atoms with E-state index in [0.717, 1.165) is 15.2 Å². The molecule has 5 heteroatoms. The van der Waals surface area contributed by atoms with Crippen molar-refractivity contribution in [3.05, 3.63) is 50.1 Å². The van der Waals surface area contributed by atoms with E-state index in [9.17, 15) is 4.39 Å². The molecule has 1 aromatic heterocycles. The van der Waals surface area contributed by atoms with Gasteiger partial charge in [-0.25, -0.2) is 9.37 Å². The summed E-state index contributed by atoms with van der Waals surface area (Å²) in [4.78, 5) is 4.42. The fourth-order valence-corrected chi connectivity index (χ4v) is 3.02. The summed E-state index contributed by atoms with van der Waals surface area (Å²) in [6, 6.07) is 4.94. The van der Waals surface area contributed by atoms with Crippen LogP contribution in [0.25, 0.3) is 0 Å². The molecular formula is C13H14BrFN2S.